The number of aliphatic hydroxyl groups is 1. The molecule has 1 fully saturated rings. The molecule has 76 valence electrons. The lowest BCUT2D eigenvalue weighted by Crippen LogP contribution is -2.34. The molecule has 1 saturated heterocycles. The van der Waals surface area contributed by atoms with Gasteiger partial charge in [0, 0.05) is 6.04 Å². The molecule has 1 heterocycles. The van der Waals surface area contributed by atoms with Crippen molar-refractivity contribution in [3.63, 3.8) is 0 Å². The van der Waals surface area contributed by atoms with Crippen molar-refractivity contribution in [3.8, 4) is 0 Å². The second-order valence-electron chi connectivity index (χ2n) is 4.10. The van der Waals surface area contributed by atoms with Gasteiger partial charge in [-0.15, -0.1) is 0 Å². The Balaban J connectivity index is 2.10. The third-order valence-electron chi connectivity index (χ3n) is 2.86. The summed E-state index contributed by atoms with van der Waals surface area (Å²) in [6.45, 7) is 3.01. The van der Waals surface area contributed by atoms with Gasteiger partial charge in [-0.2, -0.15) is 0 Å². The molecule has 0 spiro atoms. The predicted octanol–water partition coefficient (Wildman–Crippen LogP) is 1.78. The van der Waals surface area contributed by atoms with Crippen LogP contribution in [0.2, 0.25) is 0 Å². The van der Waals surface area contributed by atoms with Crippen LogP contribution in [0.1, 0.15) is 30.0 Å². The van der Waals surface area contributed by atoms with Crippen LogP contribution in [0.15, 0.2) is 24.3 Å². The molecular formula is C12H17NO. The first-order valence-corrected chi connectivity index (χ1v) is 5.24. The first-order chi connectivity index (χ1) is 6.75. The molecule has 1 aromatic rings. The first-order valence-electron chi connectivity index (χ1n) is 5.24. The third-order valence-corrected chi connectivity index (χ3v) is 2.86. The number of hydrogen-bond acceptors (Lipinski definition) is 2. The average molecular weight is 191 g/mol. The summed E-state index contributed by atoms with van der Waals surface area (Å²) in [4.78, 5) is 0. The van der Waals surface area contributed by atoms with E-state index in [1.807, 2.05) is 0 Å². The summed E-state index contributed by atoms with van der Waals surface area (Å²) in [5.41, 5.74) is 2.57. The lowest BCUT2D eigenvalue weighted by molar-refractivity contribution is 0.117. The molecule has 1 aliphatic heterocycles. The zero-order valence-corrected chi connectivity index (χ0v) is 8.53. The normalized spacial score (nSPS) is 27.6. The second kappa shape index (κ2) is 4.11. The third kappa shape index (κ3) is 2.14. The summed E-state index contributed by atoms with van der Waals surface area (Å²) in [6, 6.07) is 8.87. The summed E-state index contributed by atoms with van der Waals surface area (Å²) in [5, 5.41) is 13.0. The first kappa shape index (κ1) is 9.69. The Morgan fingerprint density at radius 2 is 2.00 bits per heavy atom. The standard InChI is InChI=1S/C12H17NO/c1-9-2-4-10(5-3-9)12-8-11(14)6-7-13-12/h2-5,11-14H,6-8H2,1H3. The van der Waals surface area contributed by atoms with Crippen LogP contribution >= 0.6 is 0 Å². The van der Waals surface area contributed by atoms with E-state index in [0.717, 1.165) is 19.4 Å². The summed E-state index contributed by atoms with van der Waals surface area (Å²) in [6.07, 6.45) is 1.58. The fraction of sp³-hybridized carbons (Fsp3) is 0.500. The minimum Gasteiger partial charge on any atom is -0.393 e. The van der Waals surface area contributed by atoms with Crippen LogP contribution in [0.25, 0.3) is 0 Å². The van der Waals surface area contributed by atoms with Crippen molar-refractivity contribution in [1.82, 2.24) is 5.32 Å². The summed E-state index contributed by atoms with van der Waals surface area (Å²) < 4.78 is 0. The highest BCUT2D eigenvalue weighted by molar-refractivity contribution is 5.24. The molecule has 2 unspecified atom stereocenters. The molecule has 2 heteroatoms. The van der Waals surface area contributed by atoms with Crippen LogP contribution in [0.4, 0.5) is 0 Å². The van der Waals surface area contributed by atoms with Crippen LogP contribution in [-0.4, -0.2) is 17.8 Å². The molecule has 2 N–H and O–H groups in total. The maximum Gasteiger partial charge on any atom is 0.0570 e. The maximum absolute atomic E-state index is 9.56. The van der Waals surface area contributed by atoms with Gasteiger partial charge in [0.2, 0.25) is 0 Å². The summed E-state index contributed by atoms with van der Waals surface area (Å²) in [5.74, 6) is 0. The van der Waals surface area contributed by atoms with Gasteiger partial charge in [0.15, 0.2) is 0 Å². The van der Waals surface area contributed by atoms with Gasteiger partial charge in [-0.1, -0.05) is 29.8 Å². The van der Waals surface area contributed by atoms with Crippen molar-refractivity contribution in [2.75, 3.05) is 6.54 Å². The number of hydrogen-bond donors (Lipinski definition) is 2. The van der Waals surface area contributed by atoms with Crippen molar-refractivity contribution < 1.29 is 5.11 Å². The lowest BCUT2D eigenvalue weighted by Gasteiger charge is -2.27. The van der Waals surface area contributed by atoms with Crippen molar-refractivity contribution in [1.29, 1.82) is 0 Å². The van der Waals surface area contributed by atoms with Gasteiger partial charge in [-0.3, -0.25) is 0 Å². The Labute approximate surface area is 85.0 Å². The highest BCUT2D eigenvalue weighted by atomic mass is 16.3. The van der Waals surface area contributed by atoms with Crippen LogP contribution in [0, 0.1) is 6.92 Å². The highest BCUT2D eigenvalue weighted by Gasteiger charge is 2.20. The molecule has 0 bridgehead atoms. The molecule has 0 amide bonds. The number of aliphatic hydroxyl groups excluding tert-OH is 1. The molecule has 0 aliphatic carbocycles. The van der Waals surface area contributed by atoms with E-state index in [1.54, 1.807) is 0 Å². The van der Waals surface area contributed by atoms with Crippen LogP contribution in [0.3, 0.4) is 0 Å². The van der Waals surface area contributed by atoms with Crippen LogP contribution < -0.4 is 5.32 Å². The number of aryl methyl sites for hydroxylation is 1. The largest absolute Gasteiger partial charge is 0.393 e. The monoisotopic (exact) mass is 191 g/mol. The molecule has 1 aliphatic rings. The van der Waals surface area contributed by atoms with Gasteiger partial charge in [0.25, 0.3) is 0 Å². The Kier molecular flexibility index (Phi) is 2.85. The number of rotatable bonds is 1. The quantitative estimate of drug-likeness (QED) is 0.709. The van der Waals surface area contributed by atoms with E-state index in [1.165, 1.54) is 11.1 Å². The van der Waals surface area contributed by atoms with Gasteiger partial charge < -0.3 is 10.4 Å². The topological polar surface area (TPSA) is 32.3 Å². The Hall–Kier alpha value is -0.860. The Morgan fingerprint density at radius 1 is 1.29 bits per heavy atom. The fourth-order valence-corrected chi connectivity index (χ4v) is 1.95. The smallest absolute Gasteiger partial charge is 0.0570 e. The Morgan fingerprint density at radius 3 is 2.64 bits per heavy atom. The van der Waals surface area contributed by atoms with Crippen molar-refractivity contribution in [2.24, 2.45) is 0 Å². The molecular weight excluding hydrogens is 174 g/mol. The number of benzene rings is 1. The van der Waals surface area contributed by atoms with E-state index in [9.17, 15) is 5.11 Å². The lowest BCUT2D eigenvalue weighted by atomic mass is 9.95. The van der Waals surface area contributed by atoms with Crippen molar-refractivity contribution in [3.05, 3.63) is 35.4 Å². The second-order valence-corrected chi connectivity index (χ2v) is 4.10. The Bertz CT molecular complexity index is 294. The number of nitrogens with one attached hydrogen (secondary N) is 1. The van der Waals surface area contributed by atoms with E-state index in [-0.39, 0.29) is 6.10 Å². The fourth-order valence-electron chi connectivity index (χ4n) is 1.95. The molecule has 2 rings (SSSR count). The summed E-state index contributed by atoms with van der Waals surface area (Å²) in [7, 11) is 0. The summed E-state index contributed by atoms with van der Waals surface area (Å²) >= 11 is 0. The highest BCUT2D eigenvalue weighted by Crippen LogP contribution is 2.23. The molecule has 2 atom stereocenters. The van der Waals surface area contributed by atoms with E-state index >= 15 is 0 Å². The van der Waals surface area contributed by atoms with Crippen molar-refractivity contribution in [2.45, 2.75) is 31.9 Å². The van der Waals surface area contributed by atoms with Gasteiger partial charge >= 0.3 is 0 Å². The molecule has 0 aromatic heterocycles. The molecule has 1 aromatic carbocycles. The predicted molar refractivity (Wildman–Crippen MR) is 57.2 cm³/mol. The van der Waals surface area contributed by atoms with Gasteiger partial charge in [0.1, 0.15) is 0 Å². The minimum atomic E-state index is -0.137. The van der Waals surface area contributed by atoms with Gasteiger partial charge in [-0.25, -0.2) is 0 Å². The van der Waals surface area contributed by atoms with E-state index < -0.39 is 0 Å². The molecule has 2 nitrogen and oxygen atoms in total. The van der Waals surface area contributed by atoms with Crippen molar-refractivity contribution >= 4 is 0 Å². The van der Waals surface area contributed by atoms with Crippen LogP contribution in [-0.2, 0) is 0 Å². The van der Waals surface area contributed by atoms with E-state index in [2.05, 4.69) is 36.5 Å². The van der Waals surface area contributed by atoms with Gasteiger partial charge in [0.05, 0.1) is 6.10 Å². The SMILES string of the molecule is Cc1ccc(C2CC(O)CCN2)cc1. The molecule has 14 heavy (non-hydrogen) atoms. The van der Waals surface area contributed by atoms with E-state index in [4.69, 9.17) is 0 Å². The van der Waals surface area contributed by atoms with E-state index in [0.29, 0.717) is 6.04 Å². The average Bonchev–Trinajstić information content (AvgIpc) is 2.19. The minimum absolute atomic E-state index is 0.137. The molecule has 0 saturated carbocycles. The van der Waals surface area contributed by atoms with Gasteiger partial charge in [-0.05, 0) is 31.9 Å². The molecule has 0 radical (unpaired) electrons. The maximum atomic E-state index is 9.56. The van der Waals surface area contributed by atoms with Crippen LogP contribution in [0.5, 0.6) is 0 Å². The zero-order valence-electron chi connectivity index (χ0n) is 8.53. The zero-order chi connectivity index (χ0) is 9.97. The number of piperidine rings is 1.